The van der Waals surface area contributed by atoms with E-state index in [4.69, 9.17) is 9.15 Å². The number of carbonyl (C=O) groups excluding carboxylic acids is 2. The molecule has 6 nitrogen and oxygen atoms in total. The Hall–Kier alpha value is -3.80. The molecule has 3 aromatic rings. The van der Waals surface area contributed by atoms with Crippen LogP contribution in [0.25, 0.3) is 5.76 Å². The van der Waals surface area contributed by atoms with Gasteiger partial charge in [-0.05, 0) is 61.9 Å². The molecule has 0 radical (unpaired) electrons. The number of aliphatic hydroxyl groups is 1. The predicted molar refractivity (Wildman–Crippen MR) is 112 cm³/mol. The van der Waals surface area contributed by atoms with E-state index in [1.807, 2.05) is 26.0 Å². The highest BCUT2D eigenvalue weighted by molar-refractivity contribution is 6.51. The molecular formula is C24H21NO5. The number of benzene rings is 2. The second kappa shape index (κ2) is 7.55. The van der Waals surface area contributed by atoms with Gasteiger partial charge in [-0.2, -0.15) is 0 Å². The normalized spacial score (nSPS) is 18.1. The van der Waals surface area contributed by atoms with Crippen LogP contribution >= 0.6 is 0 Å². The molecule has 0 saturated carbocycles. The number of rotatable bonds is 4. The Balaban J connectivity index is 1.91. The zero-order chi connectivity index (χ0) is 21.4. The molecule has 1 aromatic heterocycles. The van der Waals surface area contributed by atoms with Gasteiger partial charge in [0.25, 0.3) is 11.7 Å². The molecule has 152 valence electrons. The van der Waals surface area contributed by atoms with Crippen molar-refractivity contribution in [2.24, 2.45) is 0 Å². The molecule has 0 spiro atoms. The Bertz CT molecular complexity index is 1140. The summed E-state index contributed by atoms with van der Waals surface area (Å²) in [5.74, 6) is -0.720. The average Bonchev–Trinajstić information content (AvgIpc) is 3.35. The molecule has 6 heteroatoms. The molecule has 1 atom stereocenters. The number of Topliss-reactive ketones (excluding diaryl/α,β-unsaturated/α-hetero) is 1. The van der Waals surface area contributed by atoms with E-state index in [0.717, 1.165) is 11.1 Å². The van der Waals surface area contributed by atoms with Gasteiger partial charge in [-0.1, -0.05) is 17.7 Å². The minimum atomic E-state index is -0.872. The summed E-state index contributed by atoms with van der Waals surface area (Å²) in [7, 11) is 1.54. The predicted octanol–water partition coefficient (Wildman–Crippen LogP) is 4.53. The first-order chi connectivity index (χ1) is 14.4. The van der Waals surface area contributed by atoms with Gasteiger partial charge < -0.3 is 14.3 Å². The largest absolute Gasteiger partial charge is 0.507 e. The zero-order valence-electron chi connectivity index (χ0n) is 16.9. The van der Waals surface area contributed by atoms with Crippen LogP contribution in [-0.4, -0.2) is 23.9 Å². The van der Waals surface area contributed by atoms with Crippen LogP contribution in [0.4, 0.5) is 5.69 Å². The second-order valence-electron chi connectivity index (χ2n) is 7.20. The van der Waals surface area contributed by atoms with E-state index in [1.165, 1.54) is 11.2 Å². The summed E-state index contributed by atoms with van der Waals surface area (Å²) < 4.78 is 10.7. The number of furan rings is 1. The van der Waals surface area contributed by atoms with Crippen LogP contribution in [0.2, 0.25) is 0 Å². The highest BCUT2D eigenvalue weighted by Gasteiger charge is 2.48. The van der Waals surface area contributed by atoms with E-state index < -0.39 is 17.7 Å². The van der Waals surface area contributed by atoms with Crippen LogP contribution in [0.5, 0.6) is 5.75 Å². The molecule has 0 aliphatic carbocycles. The van der Waals surface area contributed by atoms with Gasteiger partial charge >= 0.3 is 0 Å². The van der Waals surface area contributed by atoms with Crippen molar-refractivity contribution >= 4 is 23.1 Å². The van der Waals surface area contributed by atoms with Gasteiger partial charge in [0.05, 0.1) is 18.9 Å². The fourth-order valence-electron chi connectivity index (χ4n) is 3.78. The average molecular weight is 403 g/mol. The molecule has 2 heterocycles. The maximum absolute atomic E-state index is 13.1. The van der Waals surface area contributed by atoms with Crippen molar-refractivity contribution in [1.82, 2.24) is 0 Å². The number of anilines is 1. The maximum atomic E-state index is 13.1. The van der Waals surface area contributed by atoms with Gasteiger partial charge in [-0.25, -0.2) is 0 Å². The lowest BCUT2D eigenvalue weighted by molar-refractivity contribution is -0.132. The first-order valence-electron chi connectivity index (χ1n) is 9.48. The molecule has 1 unspecified atom stereocenters. The number of carbonyl (C=O) groups is 2. The quantitative estimate of drug-likeness (QED) is 0.393. The number of ether oxygens (including phenoxy) is 1. The van der Waals surface area contributed by atoms with Gasteiger partial charge in [0.15, 0.2) is 0 Å². The summed E-state index contributed by atoms with van der Waals surface area (Å²) in [6, 6.07) is 14.8. The molecule has 0 bridgehead atoms. The van der Waals surface area contributed by atoms with E-state index in [2.05, 4.69) is 0 Å². The standard InChI is InChI=1S/C24H21NO5/c1-14-6-11-18(15(2)13-14)25-21(19-5-4-12-30-19)20(23(27)24(25)28)22(26)16-7-9-17(29-3)10-8-16/h4-13,21,26H,1-3H3/b22-20-. The van der Waals surface area contributed by atoms with Crippen molar-refractivity contribution in [3.63, 3.8) is 0 Å². The lowest BCUT2D eigenvalue weighted by Crippen LogP contribution is -2.30. The van der Waals surface area contributed by atoms with Gasteiger partial charge in [0, 0.05) is 11.3 Å². The third-order valence-electron chi connectivity index (χ3n) is 5.23. The summed E-state index contributed by atoms with van der Waals surface area (Å²) in [5.41, 5.74) is 2.88. The van der Waals surface area contributed by atoms with Crippen molar-refractivity contribution in [1.29, 1.82) is 0 Å². The van der Waals surface area contributed by atoms with Crippen LogP contribution in [-0.2, 0) is 9.59 Å². The molecular weight excluding hydrogens is 382 g/mol. The SMILES string of the molecule is COc1ccc(/C(O)=C2/C(=O)C(=O)N(c3ccc(C)cc3C)C2c2ccco2)cc1. The van der Waals surface area contributed by atoms with Crippen molar-refractivity contribution in [2.75, 3.05) is 12.0 Å². The third-order valence-corrected chi connectivity index (χ3v) is 5.23. The highest BCUT2D eigenvalue weighted by atomic mass is 16.5. The minimum absolute atomic E-state index is 0.0138. The number of aliphatic hydroxyl groups excluding tert-OH is 1. The van der Waals surface area contributed by atoms with E-state index in [-0.39, 0.29) is 11.3 Å². The van der Waals surface area contributed by atoms with Crippen molar-refractivity contribution in [3.8, 4) is 5.75 Å². The van der Waals surface area contributed by atoms with E-state index in [1.54, 1.807) is 49.6 Å². The lowest BCUT2D eigenvalue weighted by atomic mass is 9.98. The second-order valence-corrected chi connectivity index (χ2v) is 7.20. The minimum Gasteiger partial charge on any atom is -0.507 e. The van der Waals surface area contributed by atoms with Gasteiger partial charge in [0.2, 0.25) is 0 Å². The fourth-order valence-corrected chi connectivity index (χ4v) is 3.78. The van der Waals surface area contributed by atoms with Crippen molar-refractivity contribution in [2.45, 2.75) is 19.9 Å². The molecule has 1 N–H and O–H groups in total. The molecule has 4 rings (SSSR count). The Morgan fingerprint density at radius 2 is 1.80 bits per heavy atom. The molecule has 1 amide bonds. The first-order valence-corrected chi connectivity index (χ1v) is 9.48. The van der Waals surface area contributed by atoms with Crippen LogP contribution in [0, 0.1) is 13.8 Å². The maximum Gasteiger partial charge on any atom is 0.300 e. The van der Waals surface area contributed by atoms with E-state index >= 15 is 0 Å². The van der Waals surface area contributed by atoms with E-state index in [0.29, 0.717) is 22.8 Å². The van der Waals surface area contributed by atoms with Gasteiger partial charge in [-0.3, -0.25) is 14.5 Å². The Morgan fingerprint density at radius 1 is 1.07 bits per heavy atom. The first kappa shape index (κ1) is 19.5. The number of ketones is 1. The Kier molecular flexibility index (Phi) is 4.91. The number of hydrogen-bond donors (Lipinski definition) is 1. The molecule has 2 aromatic carbocycles. The van der Waals surface area contributed by atoms with Crippen LogP contribution in [0.1, 0.15) is 28.5 Å². The molecule has 1 aliphatic rings. The van der Waals surface area contributed by atoms with Crippen molar-refractivity contribution in [3.05, 3.63) is 88.9 Å². The molecule has 1 saturated heterocycles. The lowest BCUT2D eigenvalue weighted by Gasteiger charge is -2.25. The number of hydrogen-bond acceptors (Lipinski definition) is 5. The summed E-state index contributed by atoms with van der Waals surface area (Å²) in [5, 5.41) is 11.0. The van der Waals surface area contributed by atoms with Crippen LogP contribution in [0.15, 0.2) is 70.9 Å². The topological polar surface area (TPSA) is 80.0 Å². The van der Waals surface area contributed by atoms with Gasteiger partial charge in [-0.15, -0.1) is 0 Å². The van der Waals surface area contributed by atoms with E-state index in [9.17, 15) is 14.7 Å². The van der Waals surface area contributed by atoms with Crippen LogP contribution in [0.3, 0.4) is 0 Å². The van der Waals surface area contributed by atoms with Crippen molar-refractivity contribution < 1.29 is 23.8 Å². The molecule has 30 heavy (non-hydrogen) atoms. The summed E-state index contributed by atoms with van der Waals surface area (Å²) in [6.45, 7) is 3.84. The number of nitrogens with zero attached hydrogens (tertiary/aromatic N) is 1. The number of methoxy groups -OCH3 is 1. The smallest absolute Gasteiger partial charge is 0.300 e. The fraction of sp³-hybridized carbons (Fsp3) is 0.167. The summed E-state index contributed by atoms with van der Waals surface area (Å²) >= 11 is 0. The summed E-state index contributed by atoms with van der Waals surface area (Å²) in [4.78, 5) is 27.5. The summed E-state index contributed by atoms with van der Waals surface area (Å²) in [6.07, 6.45) is 1.48. The third kappa shape index (κ3) is 3.16. The number of amides is 1. The monoisotopic (exact) mass is 403 g/mol. The van der Waals surface area contributed by atoms with Crippen LogP contribution < -0.4 is 9.64 Å². The Morgan fingerprint density at radius 3 is 2.40 bits per heavy atom. The number of aryl methyl sites for hydroxylation is 2. The molecule has 1 aliphatic heterocycles. The zero-order valence-corrected chi connectivity index (χ0v) is 16.9. The van der Waals surface area contributed by atoms with Gasteiger partial charge in [0.1, 0.15) is 23.3 Å². The Labute approximate surface area is 174 Å². The highest BCUT2D eigenvalue weighted by Crippen LogP contribution is 2.43. The molecule has 1 fully saturated rings.